The molecule has 0 N–H and O–H groups in total. The highest BCUT2D eigenvalue weighted by Gasteiger charge is 1.96. The van der Waals surface area contributed by atoms with Crippen molar-refractivity contribution in [3.63, 3.8) is 0 Å². The van der Waals surface area contributed by atoms with Crippen molar-refractivity contribution in [1.82, 2.24) is 4.98 Å². The number of nitrogens with zero attached hydrogens (tertiary/aromatic N) is 1. The minimum absolute atomic E-state index is 0.137. The van der Waals surface area contributed by atoms with Gasteiger partial charge >= 0.3 is 0 Å². The van der Waals surface area contributed by atoms with Crippen LogP contribution in [0.3, 0.4) is 0 Å². The number of carbonyl (C=O) groups excluding carboxylic acids is 1. The molecule has 1 aromatic rings. The van der Waals surface area contributed by atoms with Crippen LogP contribution in [-0.2, 0) is 0 Å². The number of aryl methyl sites for hydroxylation is 1. The van der Waals surface area contributed by atoms with E-state index < -0.39 is 5.82 Å². The molecule has 0 spiro atoms. The summed E-state index contributed by atoms with van der Waals surface area (Å²) < 4.78 is 12.4. The van der Waals surface area contributed by atoms with Crippen LogP contribution in [0.4, 0.5) is 4.39 Å². The standard InChI is InChI=1S/C7H6FNO/c1-5-2-6(8)3-7(4-10)9-5/h2-4H,1H3. The van der Waals surface area contributed by atoms with E-state index in [1.165, 1.54) is 6.07 Å². The van der Waals surface area contributed by atoms with Crippen molar-refractivity contribution < 1.29 is 9.18 Å². The van der Waals surface area contributed by atoms with E-state index in [4.69, 9.17) is 0 Å². The molecule has 0 amide bonds. The average molecular weight is 139 g/mol. The molecule has 0 aliphatic carbocycles. The summed E-state index contributed by atoms with van der Waals surface area (Å²) in [7, 11) is 0. The first-order valence-electron chi connectivity index (χ1n) is 2.82. The van der Waals surface area contributed by atoms with Gasteiger partial charge in [0.2, 0.25) is 0 Å². The maximum absolute atomic E-state index is 12.4. The summed E-state index contributed by atoms with van der Waals surface area (Å²) in [6.07, 6.45) is 0.524. The van der Waals surface area contributed by atoms with Crippen LogP contribution in [0.1, 0.15) is 16.2 Å². The van der Waals surface area contributed by atoms with Crippen molar-refractivity contribution in [2.45, 2.75) is 6.92 Å². The summed E-state index contributed by atoms with van der Waals surface area (Å²) in [5, 5.41) is 0. The molecule has 0 aromatic carbocycles. The third-order valence-corrected chi connectivity index (χ3v) is 1.06. The molecular formula is C7H6FNO. The Bertz CT molecular complexity index is 240. The normalized spacial score (nSPS) is 9.40. The summed E-state index contributed by atoms with van der Waals surface area (Å²) in [6.45, 7) is 1.64. The quantitative estimate of drug-likeness (QED) is 0.549. The van der Waals surface area contributed by atoms with Crippen LogP contribution in [0.15, 0.2) is 12.1 Å². The molecular weight excluding hydrogens is 133 g/mol. The van der Waals surface area contributed by atoms with Gasteiger partial charge in [-0.05, 0) is 13.0 Å². The Morgan fingerprint density at radius 2 is 2.30 bits per heavy atom. The second-order valence-electron chi connectivity index (χ2n) is 1.97. The number of hydrogen-bond donors (Lipinski definition) is 0. The molecule has 1 rings (SSSR count). The fourth-order valence-corrected chi connectivity index (χ4v) is 0.711. The van der Waals surface area contributed by atoms with Crippen LogP contribution in [0.2, 0.25) is 0 Å². The molecule has 52 valence electrons. The number of pyridine rings is 1. The molecule has 0 radical (unpaired) electrons. The zero-order valence-corrected chi connectivity index (χ0v) is 5.47. The SMILES string of the molecule is Cc1cc(F)cc(C=O)n1. The highest BCUT2D eigenvalue weighted by Crippen LogP contribution is 2.00. The van der Waals surface area contributed by atoms with E-state index in [1.807, 2.05) is 0 Å². The molecule has 0 aliphatic heterocycles. The molecule has 0 saturated heterocycles. The summed E-state index contributed by atoms with van der Waals surface area (Å²) in [5.74, 6) is -0.422. The van der Waals surface area contributed by atoms with Crippen molar-refractivity contribution in [3.05, 3.63) is 29.3 Å². The van der Waals surface area contributed by atoms with E-state index >= 15 is 0 Å². The molecule has 0 bridgehead atoms. The topological polar surface area (TPSA) is 30.0 Å². The molecule has 0 atom stereocenters. The van der Waals surface area contributed by atoms with Gasteiger partial charge in [-0.25, -0.2) is 4.39 Å². The van der Waals surface area contributed by atoms with Crippen molar-refractivity contribution in [1.29, 1.82) is 0 Å². The van der Waals surface area contributed by atoms with Gasteiger partial charge in [0.25, 0.3) is 0 Å². The summed E-state index contributed by atoms with van der Waals surface area (Å²) in [4.78, 5) is 13.8. The highest BCUT2D eigenvalue weighted by molar-refractivity contribution is 5.71. The largest absolute Gasteiger partial charge is 0.296 e. The van der Waals surface area contributed by atoms with E-state index in [-0.39, 0.29) is 5.69 Å². The molecule has 1 aromatic heterocycles. The number of halogens is 1. The van der Waals surface area contributed by atoms with Crippen LogP contribution >= 0.6 is 0 Å². The minimum atomic E-state index is -0.422. The molecule has 0 fully saturated rings. The number of carbonyl (C=O) groups is 1. The summed E-state index contributed by atoms with van der Waals surface area (Å²) in [6, 6.07) is 2.37. The number of hydrogen-bond acceptors (Lipinski definition) is 2. The molecule has 0 saturated carbocycles. The minimum Gasteiger partial charge on any atom is -0.296 e. The lowest BCUT2D eigenvalue weighted by Crippen LogP contribution is -1.90. The Hall–Kier alpha value is -1.25. The summed E-state index contributed by atoms with van der Waals surface area (Å²) >= 11 is 0. The van der Waals surface area contributed by atoms with Crippen LogP contribution in [-0.4, -0.2) is 11.3 Å². The Morgan fingerprint density at radius 3 is 2.80 bits per heavy atom. The van der Waals surface area contributed by atoms with Gasteiger partial charge in [0, 0.05) is 11.8 Å². The molecule has 2 nitrogen and oxygen atoms in total. The van der Waals surface area contributed by atoms with Gasteiger partial charge in [0.15, 0.2) is 6.29 Å². The van der Waals surface area contributed by atoms with Crippen molar-refractivity contribution in [3.8, 4) is 0 Å². The number of rotatable bonds is 1. The fraction of sp³-hybridized carbons (Fsp3) is 0.143. The van der Waals surface area contributed by atoms with Gasteiger partial charge in [-0.2, -0.15) is 0 Å². The smallest absolute Gasteiger partial charge is 0.168 e. The number of aldehydes is 1. The molecule has 10 heavy (non-hydrogen) atoms. The first-order valence-corrected chi connectivity index (χ1v) is 2.82. The molecule has 0 unspecified atom stereocenters. The maximum atomic E-state index is 12.4. The zero-order valence-electron chi connectivity index (χ0n) is 5.47. The Labute approximate surface area is 57.7 Å². The molecule has 1 heterocycles. The molecule has 0 aliphatic rings. The third kappa shape index (κ3) is 1.37. The van der Waals surface area contributed by atoms with Crippen molar-refractivity contribution >= 4 is 6.29 Å². The van der Waals surface area contributed by atoms with Gasteiger partial charge in [-0.15, -0.1) is 0 Å². The first-order chi connectivity index (χ1) is 4.72. The maximum Gasteiger partial charge on any atom is 0.168 e. The number of aromatic nitrogens is 1. The van der Waals surface area contributed by atoms with Gasteiger partial charge in [0.1, 0.15) is 11.5 Å². The van der Waals surface area contributed by atoms with E-state index in [9.17, 15) is 9.18 Å². The van der Waals surface area contributed by atoms with Crippen LogP contribution < -0.4 is 0 Å². The van der Waals surface area contributed by atoms with Crippen LogP contribution in [0, 0.1) is 12.7 Å². The third-order valence-electron chi connectivity index (χ3n) is 1.06. The zero-order chi connectivity index (χ0) is 7.56. The predicted molar refractivity (Wildman–Crippen MR) is 34.3 cm³/mol. The molecule has 3 heteroatoms. The second-order valence-corrected chi connectivity index (χ2v) is 1.97. The van der Waals surface area contributed by atoms with Crippen molar-refractivity contribution in [2.75, 3.05) is 0 Å². The van der Waals surface area contributed by atoms with Crippen molar-refractivity contribution in [2.24, 2.45) is 0 Å². The Kier molecular flexibility index (Phi) is 1.76. The van der Waals surface area contributed by atoms with Gasteiger partial charge < -0.3 is 0 Å². The predicted octanol–water partition coefficient (Wildman–Crippen LogP) is 1.34. The lowest BCUT2D eigenvalue weighted by molar-refractivity contribution is 0.111. The van der Waals surface area contributed by atoms with E-state index in [0.717, 1.165) is 6.07 Å². The van der Waals surface area contributed by atoms with Gasteiger partial charge in [-0.3, -0.25) is 9.78 Å². The van der Waals surface area contributed by atoms with E-state index in [1.54, 1.807) is 6.92 Å². The fourth-order valence-electron chi connectivity index (χ4n) is 0.711. The van der Waals surface area contributed by atoms with Gasteiger partial charge in [0.05, 0.1) is 0 Å². The average Bonchev–Trinajstić information content (AvgIpc) is 1.85. The first kappa shape index (κ1) is 6.86. The van der Waals surface area contributed by atoms with E-state index in [0.29, 0.717) is 12.0 Å². The van der Waals surface area contributed by atoms with Crippen LogP contribution in [0.5, 0.6) is 0 Å². The Morgan fingerprint density at radius 1 is 1.60 bits per heavy atom. The van der Waals surface area contributed by atoms with E-state index in [2.05, 4.69) is 4.98 Å². The van der Waals surface area contributed by atoms with Crippen LogP contribution in [0.25, 0.3) is 0 Å². The van der Waals surface area contributed by atoms with Gasteiger partial charge in [-0.1, -0.05) is 0 Å². The summed E-state index contributed by atoms with van der Waals surface area (Å²) in [5.41, 5.74) is 0.652. The Balaban J connectivity index is 3.18. The second kappa shape index (κ2) is 2.56. The lowest BCUT2D eigenvalue weighted by atomic mass is 10.3. The highest BCUT2D eigenvalue weighted by atomic mass is 19.1. The monoisotopic (exact) mass is 139 g/mol. The lowest BCUT2D eigenvalue weighted by Gasteiger charge is -1.92.